The lowest BCUT2D eigenvalue weighted by Crippen LogP contribution is -2.49. The fourth-order valence-electron chi connectivity index (χ4n) is 3.37. The molecule has 28 heavy (non-hydrogen) atoms. The van der Waals surface area contributed by atoms with E-state index in [1.54, 1.807) is 36.8 Å². The third kappa shape index (κ3) is 4.14. The molecule has 7 nitrogen and oxygen atoms in total. The van der Waals surface area contributed by atoms with Crippen molar-refractivity contribution in [2.45, 2.75) is 18.9 Å². The van der Waals surface area contributed by atoms with E-state index >= 15 is 0 Å². The van der Waals surface area contributed by atoms with Gasteiger partial charge in [-0.2, -0.15) is 0 Å². The van der Waals surface area contributed by atoms with Gasteiger partial charge in [0, 0.05) is 43.1 Å². The fraction of sp³-hybridized carbons (Fsp3) is 0.300. The molecule has 1 aromatic carbocycles. The highest BCUT2D eigenvalue weighted by Crippen LogP contribution is 2.29. The smallest absolute Gasteiger partial charge is 0.258 e. The lowest BCUT2D eigenvalue weighted by molar-refractivity contribution is -0.123. The number of benzene rings is 1. The van der Waals surface area contributed by atoms with Crippen LogP contribution < -0.4 is 15.0 Å². The number of halogens is 1. The number of nitrogens with one attached hydrogen (secondary N) is 1. The second kappa shape index (κ2) is 8.39. The Morgan fingerprint density at radius 1 is 1.18 bits per heavy atom. The molecule has 0 aliphatic carbocycles. The van der Waals surface area contributed by atoms with Crippen molar-refractivity contribution in [1.29, 1.82) is 0 Å². The maximum absolute atomic E-state index is 12.4. The van der Waals surface area contributed by atoms with Gasteiger partial charge < -0.3 is 15.0 Å². The van der Waals surface area contributed by atoms with Crippen LogP contribution in [0.5, 0.6) is 5.75 Å². The van der Waals surface area contributed by atoms with E-state index in [4.69, 9.17) is 16.3 Å². The molecule has 0 saturated carbocycles. The SMILES string of the molecule is O=C(COc1ccc(Cl)c2cccnc12)NC1CCCN(c2ncccn2)C1. The molecule has 4 rings (SSSR count). The molecule has 1 unspecified atom stereocenters. The van der Waals surface area contributed by atoms with Crippen LogP contribution in [0.1, 0.15) is 12.8 Å². The normalized spacial score (nSPS) is 16.8. The lowest BCUT2D eigenvalue weighted by atomic mass is 10.1. The number of fused-ring (bicyclic) bond motifs is 1. The predicted octanol–water partition coefficient (Wildman–Crippen LogP) is 2.84. The van der Waals surface area contributed by atoms with Crippen LogP contribution in [0.15, 0.2) is 48.9 Å². The van der Waals surface area contributed by atoms with Crippen LogP contribution in [-0.4, -0.2) is 46.6 Å². The van der Waals surface area contributed by atoms with E-state index in [0.29, 0.717) is 28.8 Å². The summed E-state index contributed by atoms with van der Waals surface area (Å²) in [5.41, 5.74) is 0.646. The summed E-state index contributed by atoms with van der Waals surface area (Å²) >= 11 is 6.20. The molecule has 1 aliphatic heterocycles. The van der Waals surface area contributed by atoms with Crippen LogP contribution in [-0.2, 0) is 4.79 Å². The number of carbonyl (C=O) groups is 1. The number of hydrogen-bond donors (Lipinski definition) is 1. The Bertz CT molecular complexity index is 969. The minimum Gasteiger partial charge on any atom is -0.481 e. The highest BCUT2D eigenvalue weighted by molar-refractivity contribution is 6.35. The molecule has 3 heterocycles. The summed E-state index contributed by atoms with van der Waals surface area (Å²) in [7, 11) is 0. The van der Waals surface area contributed by atoms with Crippen LogP contribution in [0.3, 0.4) is 0 Å². The van der Waals surface area contributed by atoms with E-state index in [0.717, 1.165) is 24.8 Å². The molecule has 2 aromatic heterocycles. The molecular formula is C20H20ClN5O2. The van der Waals surface area contributed by atoms with Crippen LogP contribution in [0, 0.1) is 0 Å². The van der Waals surface area contributed by atoms with Crippen LogP contribution in [0.2, 0.25) is 5.02 Å². The van der Waals surface area contributed by atoms with Crippen LogP contribution in [0.4, 0.5) is 5.95 Å². The van der Waals surface area contributed by atoms with Crippen molar-refractivity contribution in [1.82, 2.24) is 20.3 Å². The highest BCUT2D eigenvalue weighted by Gasteiger charge is 2.23. The second-order valence-electron chi connectivity index (χ2n) is 6.64. The van der Waals surface area contributed by atoms with E-state index in [2.05, 4.69) is 25.2 Å². The summed E-state index contributed by atoms with van der Waals surface area (Å²) in [6.45, 7) is 1.49. The number of carbonyl (C=O) groups excluding carboxylic acids is 1. The Morgan fingerprint density at radius 3 is 2.86 bits per heavy atom. The van der Waals surface area contributed by atoms with E-state index < -0.39 is 0 Å². The zero-order valence-electron chi connectivity index (χ0n) is 15.2. The molecule has 1 N–H and O–H groups in total. The quantitative estimate of drug-likeness (QED) is 0.713. The van der Waals surface area contributed by atoms with Crippen LogP contribution in [0.25, 0.3) is 10.9 Å². The first-order valence-corrected chi connectivity index (χ1v) is 9.56. The summed E-state index contributed by atoms with van der Waals surface area (Å²) in [6.07, 6.45) is 7.01. The van der Waals surface area contributed by atoms with E-state index in [-0.39, 0.29) is 18.6 Å². The van der Waals surface area contributed by atoms with Crippen molar-refractivity contribution < 1.29 is 9.53 Å². The topological polar surface area (TPSA) is 80.2 Å². The molecule has 1 saturated heterocycles. The number of aromatic nitrogens is 3. The Kier molecular flexibility index (Phi) is 5.53. The number of pyridine rings is 1. The summed E-state index contributed by atoms with van der Waals surface area (Å²) in [4.78, 5) is 27.4. The number of amides is 1. The maximum Gasteiger partial charge on any atom is 0.258 e. The number of hydrogen-bond acceptors (Lipinski definition) is 6. The first kappa shape index (κ1) is 18.4. The number of nitrogens with zero attached hydrogens (tertiary/aromatic N) is 4. The van der Waals surface area contributed by atoms with Crippen molar-refractivity contribution in [2.75, 3.05) is 24.6 Å². The van der Waals surface area contributed by atoms with Gasteiger partial charge in [0.2, 0.25) is 5.95 Å². The van der Waals surface area contributed by atoms with Crippen molar-refractivity contribution in [3.05, 3.63) is 53.9 Å². The summed E-state index contributed by atoms with van der Waals surface area (Å²) in [5.74, 6) is 1.06. The Labute approximate surface area is 167 Å². The number of piperidine rings is 1. The zero-order chi connectivity index (χ0) is 19.3. The van der Waals surface area contributed by atoms with Gasteiger partial charge in [-0.1, -0.05) is 11.6 Å². The third-order valence-corrected chi connectivity index (χ3v) is 4.99. The van der Waals surface area contributed by atoms with Crippen LogP contribution >= 0.6 is 11.6 Å². The maximum atomic E-state index is 12.4. The molecule has 1 fully saturated rings. The van der Waals surface area contributed by atoms with Gasteiger partial charge in [-0.3, -0.25) is 9.78 Å². The Balaban J connectivity index is 1.36. The Hall–Kier alpha value is -2.93. The number of rotatable bonds is 5. The van der Waals surface area contributed by atoms with E-state index in [1.165, 1.54) is 0 Å². The average Bonchev–Trinajstić information content (AvgIpc) is 2.74. The second-order valence-corrected chi connectivity index (χ2v) is 7.04. The van der Waals surface area contributed by atoms with Gasteiger partial charge in [-0.25, -0.2) is 9.97 Å². The largest absolute Gasteiger partial charge is 0.481 e. The van der Waals surface area contributed by atoms with Gasteiger partial charge in [0.1, 0.15) is 11.3 Å². The van der Waals surface area contributed by atoms with Crippen molar-refractivity contribution >= 4 is 34.4 Å². The first-order valence-electron chi connectivity index (χ1n) is 9.18. The molecule has 144 valence electrons. The highest BCUT2D eigenvalue weighted by atomic mass is 35.5. The summed E-state index contributed by atoms with van der Waals surface area (Å²) in [5, 5.41) is 4.44. The molecule has 1 aliphatic rings. The molecule has 0 spiro atoms. The average molecular weight is 398 g/mol. The van der Waals surface area contributed by atoms with Crippen molar-refractivity contribution in [2.24, 2.45) is 0 Å². The third-order valence-electron chi connectivity index (χ3n) is 4.66. The van der Waals surface area contributed by atoms with Gasteiger partial charge in [-0.05, 0) is 43.2 Å². The van der Waals surface area contributed by atoms with E-state index in [1.807, 2.05) is 12.1 Å². The van der Waals surface area contributed by atoms with Crippen molar-refractivity contribution in [3.63, 3.8) is 0 Å². The molecule has 1 atom stereocenters. The molecule has 0 radical (unpaired) electrons. The van der Waals surface area contributed by atoms with E-state index in [9.17, 15) is 4.79 Å². The number of anilines is 1. The van der Waals surface area contributed by atoms with Gasteiger partial charge in [0.05, 0.1) is 5.02 Å². The molecular weight excluding hydrogens is 378 g/mol. The summed E-state index contributed by atoms with van der Waals surface area (Å²) < 4.78 is 5.72. The minimum atomic E-state index is -0.167. The van der Waals surface area contributed by atoms with Gasteiger partial charge in [0.25, 0.3) is 5.91 Å². The Morgan fingerprint density at radius 2 is 2.00 bits per heavy atom. The van der Waals surface area contributed by atoms with Crippen molar-refractivity contribution in [3.8, 4) is 5.75 Å². The predicted molar refractivity (Wildman–Crippen MR) is 108 cm³/mol. The van der Waals surface area contributed by atoms with Gasteiger partial charge in [0.15, 0.2) is 6.61 Å². The molecule has 1 amide bonds. The standard InChI is InChI=1S/C20H20ClN5O2/c21-16-6-7-17(19-15(16)5-1-8-22-19)28-13-18(27)25-14-4-2-11-26(12-14)20-23-9-3-10-24-20/h1,3,5-10,14H,2,4,11-13H2,(H,25,27). The first-order chi connectivity index (χ1) is 13.7. The van der Waals surface area contributed by atoms with Gasteiger partial charge in [-0.15, -0.1) is 0 Å². The molecule has 8 heteroatoms. The van der Waals surface area contributed by atoms with Gasteiger partial charge >= 0.3 is 0 Å². The zero-order valence-corrected chi connectivity index (χ0v) is 16.0. The number of ether oxygens (including phenoxy) is 1. The molecule has 0 bridgehead atoms. The monoisotopic (exact) mass is 397 g/mol. The fourth-order valence-corrected chi connectivity index (χ4v) is 3.59. The summed E-state index contributed by atoms with van der Waals surface area (Å²) in [6, 6.07) is 9.00. The minimum absolute atomic E-state index is 0.0359. The molecule has 3 aromatic rings. The lowest BCUT2D eigenvalue weighted by Gasteiger charge is -2.33.